The van der Waals surface area contributed by atoms with E-state index in [-0.39, 0.29) is 6.04 Å². The highest BCUT2D eigenvalue weighted by Crippen LogP contribution is 2.21. The fraction of sp³-hybridized carbons (Fsp3) is 0.250. The fourth-order valence-electron chi connectivity index (χ4n) is 1.71. The molecule has 1 atom stereocenters. The molecule has 0 saturated heterocycles. The predicted octanol–water partition coefficient (Wildman–Crippen LogP) is 0.741. The molecule has 18 heavy (non-hydrogen) atoms. The first-order valence-corrected chi connectivity index (χ1v) is 5.48. The second-order valence-corrected chi connectivity index (χ2v) is 3.88. The second-order valence-electron chi connectivity index (χ2n) is 3.88. The summed E-state index contributed by atoms with van der Waals surface area (Å²) in [5.41, 5.74) is 5.47. The average molecular weight is 245 g/mol. The van der Waals surface area contributed by atoms with Crippen molar-refractivity contribution in [2.75, 3.05) is 7.11 Å². The molecule has 2 aromatic rings. The first-order chi connectivity index (χ1) is 8.74. The molecule has 0 saturated carbocycles. The molecular weight excluding hydrogens is 230 g/mol. The van der Waals surface area contributed by atoms with Crippen LogP contribution in [0.5, 0.6) is 5.88 Å². The number of hydrogen-bond donors (Lipinski definition) is 2. The van der Waals surface area contributed by atoms with Crippen LogP contribution >= 0.6 is 0 Å². The molecule has 0 aromatic carbocycles. The molecule has 2 rings (SSSR count). The third kappa shape index (κ3) is 2.61. The molecule has 2 aromatic heterocycles. The van der Waals surface area contributed by atoms with Crippen LogP contribution in [0.15, 0.2) is 30.9 Å². The Hall–Kier alpha value is -2.05. The molecule has 0 aliphatic carbocycles. The number of hydrazine groups is 1. The molecule has 6 nitrogen and oxygen atoms in total. The molecule has 3 N–H and O–H groups in total. The monoisotopic (exact) mass is 245 g/mol. The quantitative estimate of drug-likeness (QED) is 0.610. The van der Waals surface area contributed by atoms with E-state index in [1.54, 1.807) is 25.6 Å². The van der Waals surface area contributed by atoms with Crippen molar-refractivity contribution < 1.29 is 4.74 Å². The summed E-state index contributed by atoms with van der Waals surface area (Å²) in [7, 11) is 1.56. The average Bonchev–Trinajstić information content (AvgIpc) is 2.40. The molecule has 0 aliphatic rings. The standard InChI is InChI=1S/C12H15N5O/c1-8-3-9(6-14-5-8)12(17-13)10-4-11(18-2)16-7-15-10/h3-7,12,17H,13H2,1-2H3. The molecule has 6 heteroatoms. The Bertz CT molecular complexity index is 531. The third-order valence-corrected chi connectivity index (χ3v) is 2.56. The normalized spacial score (nSPS) is 12.2. The van der Waals surface area contributed by atoms with Crippen LogP contribution in [0.3, 0.4) is 0 Å². The molecule has 94 valence electrons. The number of pyridine rings is 1. The highest BCUT2D eigenvalue weighted by molar-refractivity contribution is 5.29. The van der Waals surface area contributed by atoms with E-state index in [9.17, 15) is 0 Å². The lowest BCUT2D eigenvalue weighted by Crippen LogP contribution is -2.29. The van der Waals surface area contributed by atoms with E-state index in [2.05, 4.69) is 20.4 Å². The van der Waals surface area contributed by atoms with E-state index in [1.807, 2.05) is 13.0 Å². The molecule has 0 bridgehead atoms. The lowest BCUT2D eigenvalue weighted by atomic mass is 10.0. The molecule has 1 unspecified atom stereocenters. The van der Waals surface area contributed by atoms with Gasteiger partial charge in [0, 0.05) is 18.5 Å². The van der Waals surface area contributed by atoms with Gasteiger partial charge in [-0.1, -0.05) is 6.07 Å². The maximum absolute atomic E-state index is 5.60. The summed E-state index contributed by atoms with van der Waals surface area (Å²) in [5.74, 6) is 6.10. The summed E-state index contributed by atoms with van der Waals surface area (Å²) in [4.78, 5) is 12.3. The Morgan fingerprint density at radius 2 is 2.11 bits per heavy atom. The Morgan fingerprint density at radius 3 is 2.78 bits per heavy atom. The fourth-order valence-corrected chi connectivity index (χ4v) is 1.71. The molecule has 0 spiro atoms. The van der Waals surface area contributed by atoms with Crippen LogP contribution in [0.25, 0.3) is 0 Å². The van der Waals surface area contributed by atoms with Crippen LogP contribution < -0.4 is 16.0 Å². The zero-order valence-corrected chi connectivity index (χ0v) is 10.3. The lowest BCUT2D eigenvalue weighted by molar-refractivity contribution is 0.395. The topological polar surface area (TPSA) is 86.0 Å². The van der Waals surface area contributed by atoms with Gasteiger partial charge in [0.1, 0.15) is 6.33 Å². The minimum atomic E-state index is -0.241. The number of methoxy groups -OCH3 is 1. The van der Waals surface area contributed by atoms with E-state index in [0.717, 1.165) is 16.8 Å². The highest BCUT2D eigenvalue weighted by Gasteiger charge is 2.15. The van der Waals surface area contributed by atoms with Gasteiger partial charge in [-0.2, -0.15) is 0 Å². The number of nitrogens with one attached hydrogen (secondary N) is 1. The zero-order chi connectivity index (χ0) is 13.0. The SMILES string of the molecule is COc1cc(C(NN)c2cncc(C)c2)ncn1. The van der Waals surface area contributed by atoms with Gasteiger partial charge in [0.2, 0.25) is 5.88 Å². The molecule has 0 amide bonds. The van der Waals surface area contributed by atoms with Gasteiger partial charge in [-0.05, 0) is 18.1 Å². The number of aromatic nitrogens is 3. The number of aryl methyl sites for hydroxylation is 1. The summed E-state index contributed by atoms with van der Waals surface area (Å²) in [6, 6.07) is 3.51. The van der Waals surface area contributed by atoms with Crippen LogP contribution in [0.2, 0.25) is 0 Å². The van der Waals surface area contributed by atoms with Gasteiger partial charge in [-0.15, -0.1) is 0 Å². The minimum absolute atomic E-state index is 0.241. The summed E-state index contributed by atoms with van der Waals surface area (Å²) < 4.78 is 5.07. The van der Waals surface area contributed by atoms with Crippen molar-refractivity contribution in [1.29, 1.82) is 0 Å². The van der Waals surface area contributed by atoms with Crippen molar-refractivity contribution in [3.8, 4) is 5.88 Å². The molecule has 2 heterocycles. The lowest BCUT2D eigenvalue weighted by Gasteiger charge is -2.16. The Morgan fingerprint density at radius 1 is 1.28 bits per heavy atom. The smallest absolute Gasteiger partial charge is 0.216 e. The predicted molar refractivity (Wildman–Crippen MR) is 66.7 cm³/mol. The number of hydrogen-bond acceptors (Lipinski definition) is 6. The van der Waals surface area contributed by atoms with Crippen molar-refractivity contribution in [2.45, 2.75) is 13.0 Å². The van der Waals surface area contributed by atoms with Crippen molar-refractivity contribution in [3.63, 3.8) is 0 Å². The van der Waals surface area contributed by atoms with E-state index in [1.165, 1.54) is 6.33 Å². The van der Waals surface area contributed by atoms with Gasteiger partial charge >= 0.3 is 0 Å². The van der Waals surface area contributed by atoms with Crippen LogP contribution in [-0.4, -0.2) is 22.1 Å². The molecule has 0 radical (unpaired) electrons. The van der Waals surface area contributed by atoms with Gasteiger partial charge in [0.15, 0.2) is 0 Å². The summed E-state index contributed by atoms with van der Waals surface area (Å²) in [6.07, 6.45) is 4.99. The maximum atomic E-state index is 5.60. The first kappa shape index (κ1) is 12.4. The first-order valence-electron chi connectivity index (χ1n) is 5.48. The number of nitrogens with zero attached hydrogens (tertiary/aromatic N) is 3. The van der Waals surface area contributed by atoms with Crippen molar-refractivity contribution in [3.05, 3.63) is 47.7 Å². The van der Waals surface area contributed by atoms with E-state index < -0.39 is 0 Å². The van der Waals surface area contributed by atoms with E-state index in [0.29, 0.717) is 5.88 Å². The van der Waals surface area contributed by atoms with Gasteiger partial charge in [-0.25, -0.2) is 15.4 Å². The third-order valence-electron chi connectivity index (χ3n) is 2.56. The van der Waals surface area contributed by atoms with Gasteiger partial charge in [0.25, 0.3) is 0 Å². The van der Waals surface area contributed by atoms with Gasteiger partial charge in [-0.3, -0.25) is 10.8 Å². The van der Waals surface area contributed by atoms with Gasteiger partial charge in [0.05, 0.1) is 18.8 Å². The zero-order valence-electron chi connectivity index (χ0n) is 10.3. The Kier molecular flexibility index (Phi) is 3.81. The van der Waals surface area contributed by atoms with E-state index in [4.69, 9.17) is 10.6 Å². The largest absolute Gasteiger partial charge is 0.481 e. The van der Waals surface area contributed by atoms with Crippen LogP contribution in [0.1, 0.15) is 22.9 Å². The Balaban J connectivity index is 2.38. The van der Waals surface area contributed by atoms with Crippen molar-refractivity contribution >= 4 is 0 Å². The van der Waals surface area contributed by atoms with Crippen LogP contribution in [0.4, 0.5) is 0 Å². The van der Waals surface area contributed by atoms with Crippen molar-refractivity contribution in [2.24, 2.45) is 5.84 Å². The maximum Gasteiger partial charge on any atom is 0.216 e. The summed E-state index contributed by atoms with van der Waals surface area (Å²) in [6.45, 7) is 1.98. The van der Waals surface area contributed by atoms with Crippen molar-refractivity contribution in [1.82, 2.24) is 20.4 Å². The molecular formula is C12H15N5O. The highest BCUT2D eigenvalue weighted by atomic mass is 16.5. The second kappa shape index (κ2) is 5.52. The van der Waals surface area contributed by atoms with Gasteiger partial charge < -0.3 is 4.74 Å². The summed E-state index contributed by atoms with van der Waals surface area (Å²) in [5, 5.41) is 0. The number of ether oxygens (including phenoxy) is 1. The molecule has 0 aliphatic heterocycles. The Labute approximate surface area is 105 Å². The van der Waals surface area contributed by atoms with Crippen LogP contribution in [-0.2, 0) is 0 Å². The van der Waals surface area contributed by atoms with E-state index >= 15 is 0 Å². The minimum Gasteiger partial charge on any atom is -0.481 e. The summed E-state index contributed by atoms with van der Waals surface area (Å²) >= 11 is 0. The number of nitrogens with two attached hydrogens (primary N) is 1. The molecule has 0 fully saturated rings. The number of rotatable bonds is 4. The van der Waals surface area contributed by atoms with Crippen LogP contribution in [0, 0.1) is 6.92 Å².